The lowest BCUT2D eigenvalue weighted by Crippen LogP contribution is -2.18. The summed E-state index contributed by atoms with van der Waals surface area (Å²) in [5.41, 5.74) is 12.0. The van der Waals surface area contributed by atoms with Crippen molar-refractivity contribution < 1.29 is 0 Å². The van der Waals surface area contributed by atoms with Crippen LogP contribution in [0, 0.1) is 25.2 Å². The third-order valence-electron chi connectivity index (χ3n) is 3.48. The highest BCUT2D eigenvalue weighted by atomic mass is 15.1. The van der Waals surface area contributed by atoms with Crippen molar-refractivity contribution in [2.75, 3.05) is 17.7 Å². The zero-order chi connectivity index (χ0) is 14.7. The van der Waals surface area contributed by atoms with Gasteiger partial charge in [-0.1, -0.05) is 23.8 Å². The summed E-state index contributed by atoms with van der Waals surface area (Å²) >= 11 is 0. The molecule has 0 saturated heterocycles. The van der Waals surface area contributed by atoms with Crippen molar-refractivity contribution >= 4 is 11.4 Å². The predicted molar refractivity (Wildman–Crippen MR) is 83.6 cm³/mol. The molecule has 0 aliphatic heterocycles. The number of benzene rings is 2. The summed E-state index contributed by atoms with van der Waals surface area (Å²) < 4.78 is 0. The van der Waals surface area contributed by atoms with Crippen molar-refractivity contribution in [2.45, 2.75) is 20.4 Å². The molecule has 3 heteroatoms. The minimum Gasteiger partial charge on any atom is -0.397 e. The van der Waals surface area contributed by atoms with Crippen LogP contribution < -0.4 is 10.6 Å². The van der Waals surface area contributed by atoms with E-state index in [1.54, 1.807) is 12.1 Å². The van der Waals surface area contributed by atoms with Crippen LogP contribution >= 0.6 is 0 Å². The second kappa shape index (κ2) is 5.66. The molecule has 0 amide bonds. The van der Waals surface area contributed by atoms with E-state index in [9.17, 15) is 0 Å². The number of rotatable bonds is 3. The van der Waals surface area contributed by atoms with E-state index in [1.807, 2.05) is 13.1 Å². The number of nitriles is 1. The Morgan fingerprint density at radius 3 is 2.60 bits per heavy atom. The van der Waals surface area contributed by atoms with Crippen LogP contribution in [0.25, 0.3) is 0 Å². The average Bonchev–Trinajstić information content (AvgIpc) is 2.43. The number of nitrogens with zero attached hydrogens (tertiary/aromatic N) is 2. The molecule has 0 fully saturated rings. The fourth-order valence-electron chi connectivity index (χ4n) is 2.26. The van der Waals surface area contributed by atoms with Gasteiger partial charge in [0.15, 0.2) is 0 Å². The van der Waals surface area contributed by atoms with E-state index < -0.39 is 0 Å². The first-order valence-corrected chi connectivity index (χ1v) is 6.58. The van der Waals surface area contributed by atoms with Crippen LogP contribution in [0.1, 0.15) is 22.3 Å². The molecule has 0 radical (unpaired) electrons. The number of hydrogen-bond acceptors (Lipinski definition) is 3. The Labute approximate surface area is 120 Å². The monoisotopic (exact) mass is 265 g/mol. The minimum absolute atomic E-state index is 0.627. The molecule has 0 atom stereocenters. The first-order chi connectivity index (χ1) is 9.51. The summed E-state index contributed by atoms with van der Waals surface area (Å²) in [4.78, 5) is 2.08. The summed E-state index contributed by atoms with van der Waals surface area (Å²) in [5.74, 6) is 0. The van der Waals surface area contributed by atoms with Crippen LogP contribution in [-0.4, -0.2) is 7.05 Å². The van der Waals surface area contributed by atoms with Crippen molar-refractivity contribution in [2.24, 2.45) is 0 Å². The van der Waals surface area contributed by atoms with Gasteiger partial charge >= 0.3 is 0 Å². The lowest BCUT2D eigenvalue weighted by molar-refractivity contribution is 0.914. The third-order valence-corrected chi connectivity index (χ3v) is 3.48. The molecule has 0 heterocycles. The maximum atomic E-state index is 9.00. The Morgan fingerprint density at radius 1 is 1.15 bits per heavy atom. The van der Waals surface area contributed by atoms with Crippen LogP contribution in [-0.2, 0) is 6.54 Å². The molecule has 2 rings (SSSR count). The van der Waals surface area contributed by atoms with Gasteiger partial charge in [0, 0.05) is 13.6 Å². The molecule has 0 saturated carbocycles. The van der Waals surface area contributed by atoms with Crippen LogP contribution in [0.15, 0.2) is 36.4 Å². The summed E-state index contributed by atoms with van der Waals surface area (Å²) in [6.45, 7) is 4.97. The first kappa shape index (κ1) is 14.0. The Kier molecular flexibility index (Phi) is 3.95. The molecule has 2 aromatic rings. The maximum absolute atomic E-state index is 9.00. The predicted octanol–water partition coefficient (Wildman–Crippen LogP) is 3.39. The molecular weight excluding hydrogens is 246 g/mol. The minimum atomic E-state index is 0.627. The van der Waals surface area contributed by atoms with E-state index in [0.29, 0.717) is 11.3 Å². The molecule has 2 N–H and O–H groups in total. The second-order valence-electron chi connectivity index (χ2n) is 5.17. The van der Waals surface area contributed by atoms with Gasteiger partial charge in [-0.05, 0) is 43.2 Å². The van der Waals surface area contributed by atoms with Crippen molar-refractivity contribution in [3.05, 3.63) is 58.7 Å². The summed E-state index contributed by atoms with van der Waals surface area (Å²) in [5, 5.41) is 9.00. The van der Waals surface area contributed by atoms with Gasteiger partial charge in [0.05, 0.1) is 23.0 Å². The topological polar surface area (TPSA) is 53.0 Å². The Hall–Kier alpha value is -2.47. The maximum Gasteiger partial charge on any atom is 0.0992 e. The number of nitrogens with two attached hydrogens (primary N) is 1. The van der Waals surface area contributed by atoms with Gasteiger partial charge in [-0.15, -0.1) is 0 Å². The van der Waals surface area contributed by atoms with E-state index >= 15 is 0 Å². The quantitative estimate of drug-likeness (QED) is 0.865. The van der Waals surface area contributed by atoms with Gasteiger partial charge in [0.1, 0.15) is 0 Å². The highest BCUT2D eigenvalue weighted by Gasteiger charge is 2.09. The second-order valence-corrected chi connectivity index (χ2v) is 5.17. The molecule has 0 aromatic heterocycles. The highest BCUT2D eigenvalue weighted by molar-refractivity contribution is 5.69. The molecule has 0 bridgehead atoms. The third kappa shape index (κ3) is 2.92. The van der Waals surface area contributed by atoms with Gasteiger partial charge in [-0.2, -0.15) is 5.26 Å². The highest BCUT2D eigenvalue weighted by Crippen LogP contribution is 2.25. The van der Waals surface area contributed by atoms with E-state index in [-0.39, 0.29) is 0 Å². The average molecular weight is 265 g/mol. The van der Waals surface area contributed by atoms with Gasteiger partial charge < -0.3 is 10.6 Å². The number of hydrogen-bond donors (Lipinski definition) is 1. The van der Waals surface area contributed by atoms with Crippen LogP contribution in [0.4, 0.5) is 11.4 Å². The molecule has 0 unspecified atom stereocenters. The molecule has 0 spiro atoms. The van der Waals surface area contributed by atoms with E-state index in [0.717, 1.165) is 12.2 Å². The molecule has 0 aliphatic rings. The van der Waals surface area contributed by atoms with Crippen LogP contribution in [0.3, 0.4) is 0 Å². The van der Waals surface area contributed by atoms with E-state index in [4.69, 9.17) is 11.0 Å². The molecule has 3 nitrogen and oxygen atoms in total. The lowest BCUT2D eigenvalue weighted by atomic mass is 10.0. The van der Waals surface area contributed by atoms with Crippen molar-refractivity contribution in [1.29, 1.82) is 5.26 Å². The summed E-state index contributed by atoms with van der Waals surface area (Å²) in [7, 11) is 1.99. The standard InChI is InChI=1S/C17H19N3/c1-12-4-5-13(2)15(8-12)11-20(3)17-9-14(10-18)6-7-16(17)19/h4-9H,11,19H2,1-3H3. The Bertz CT molecular complexity index is 668. The zero-order valence-electron chi connectivity index (χ0n) is 12.1. The fraction of sp³-hybridized carbons (Fsp3) is 0.235. The van der Waals surface area contributed by atoms with Crippen molar-refractivity contribution in [1.82, 2.24) is 0 Å². The molecule has 0 aliphatic carbocycles. The SMILES string of the molecule is Cc1ccc(C)c(CN(C)c2cc(C#N)ccc2N)c1. The Morgan fingerprint density at radius 2 is 1.90 bits per heavy atom. The molecule has 2 aromatic carbocycles. The zero-order valence-corrected chi connectivity index (χ0v) is 12.1. The van der Waals surface area contributed by atoms with Crippen molar-refractivity contribution in [3.8, 4) is 6.07 Å². The first-order valence-electron chi connectivity index (χ1n) is 6.58. The summed E-state index contributed by atoms with van der Waals surface area (Å²) in [6, 6.07) is 13.9. The van der Waals surface area contributed by atoms with E-state index in [1.165, 1.54) is 16.7 Å². The number of anilines is 2. The fourth-order valence-corrected chi connectivity index (χ4v) is 2.26. The Balaban J connectivity index is 2.30. The van der Waals surface area contributed by atoms with E-state index in [2.05, 4.69) is 43.0 Å². The van der Waals surface area contributed by atoms with Crippen LogP contribution in [0.2, 0.25) is 0 Å². The van der Waals surface area contributed by atoms with Gasteiger partial charge in [-0.25, -0.2) is 0 Å². The van der Waals surface area contributed by atoms with Gasteiger partial charge in [-0.3, -0.25) is 0 Å². The van der Waals surface area contributed by atoms with Crippen molar-refractivity contribution in [3.63, 3.8) is 0 Å². The normalized spacial score (nSPS) is 10.1. The summed E-state index contributed by atoms with van der Waals surface area (Å²) in [6.07, 6.45) is 0. The smallest absolute Gasteiger partial charge is 0.0992 e. The lowest BCUT2D eigenvalue weighted by Gasteiger charge is -2.22. The largest absolute Gasteiger partial charge is 0.397 e. The van der Waals surface area contributed by atoms with Crippen LogP contribution in [0.5, 0.6) is 0 Å². The number of aryl methyl sites for hydroxylation is 2. The molecular formula is C17H19N3. The van der Waals surface area contributed by atoms with Gasteiger partial charge in [0.25, 0.3) is 0 Å². The number of nitrogen functional groups attached to an aromatic ring is 1. The molecule has 102 valence electrons. The van der Waals surface area contributed by atoms with Gasteiger partial charge in [0.2, 0.25) is 0 Å². The molecule has 20 heavy (non-hydrogen) atoms.